The van der Waals surface area contributed by atoms with Crippen molar-refractivity contribution in [2.45, 2.75) is 19.8 Å². The lowest BCUT2D eigenvalue weighted by atomic mass is 10.2. The Morgan fingerprint density at radius 2 is 2.19 bits per heavy atom. The van der Waals surface area contributed by atoms with E-state index in [-0.39, 0.29) is 5.69 Å². The molecule has 1 rings (SSSR count). The van der Waals surface area contributed by atoms with E-state index >= 15 is 0 Å². The topological polar surface area (TPSA) is 61.6 Å². The third-order valence-corrected chi connectivity index (χ3v) is 2.12. The standard InChI is InChI=1S/C11H15NO4/c1-3-4-7-16-11-6-5-9(15-2)8-10(11)12(13)14/h5-6,8H,3-4,7H2,1-2H3. The minimum atomic E-state index is -0.468. The number of nitro groups is 1. The van der Waals surface area contributed by atoms with Crippen molar-refractivity contribution in [1.82, 2.24) is 0 Å². The maximum atomic E-state index is 10.8. The Hall–Kier alpha value is -1.78. The third kappa shape index (κ3) is 3.12. The van der Waals surface area contributed by atoms with Crippen molar-refractivity contribution in [2.75, 3.05) is 13.7 Å². The molecule has 0 bridgehead atoms. The van der Waals surface area contributed by atoms with Gasteiger partial charge in [0.05, 0.1) is 24.7 Å². The monoisotopic (exact) mass is 225 g/mol. The van der Waals surface area contributed by atoms with Gasteiger partial charge in [0.2, 0.25) is 0 Å². The number of nitrogens with zero attached hydrogens (tertiary/aromatic N) is 1. The fraction of sp³-hybridized carbons (Fsp3) is 0.455. The summed E-state index contributed by atoms with van der Waals surface area (Å²) in [6.45, 7) is 2.52. The molecule has 0 aliphatic heterocycles. The van der Waals surface area contributed by atoms with Crippen LogP contribution in [0.2, 0.25) is 0 Å². The van der Waals surface area contributed by atoms with E-state index in [4.69, 9.17) is 9.47 Å². The average Bonchev–Trinajstić information content (AvgIpc) is 2.29. The van der Waals surface area contributed by atoms with Gasteiger partial charge in [-0.2, -0.15) is 0 Å². The maximum Gasteiger partial charge on any atom is 0.314 e. The first-order valence-corrected chi connectivity index (χ1v) is 5.14. The molecular weight excluding hydrogens is 210 g/mol. The van der Waals surface area contributed by atoms with Gasteiger partial charge in [0.15, 0.2) is 5.75 Å². The first kappa shape index (κ1) is 12.3. The maximum absolute atomic E-state index is 10.8. The smallest absolute Gasteiger partial charge is 0.314 e. The van der Waals surface area contributed by atoms with Crippen molar-refractivity contribution < 1.29 is 14.4 Å². The molecule has 5 nitrogen and oxygen atoms in total. The second kappa shape index (κ2) is 5.95. The van der Waals surface area contributed by atoms with E-state index in [1.807, 2.05) is 6.92 Å². The number of nitro benzene ring substituents is 1. The lowest BCUT2D eigenvalue weighted by Crippen LogP contribution is -2.00. The summed E-state index contributed by atoms with van der Waals surface area (Å²) >= 11 is 0. The number of unbranched alkanes of at least 4 members (excludes halogenated alkanes) is 1. The molecule has 0 amide bonds. The molecule has 88 valence electrons. The number of methoxy groups -OCH3 is 1. The molecule has 0 saturated heterocycles. The predicted molar refractivity (Wildman–Crippen MR) is 60.1 cm³/mol. The second-order valence-corrected chi connectivity index (χ2v) is 3.29. The molecule has 0 unspecified atom stereocenters. The summed E-state index contributed by atoms with van der Waals surface area (Å²) in [5, 5.41) is 10.8. The van der Waals surface area contributed by atoms with E-state index in [1.165, 1.54) is 13.2 Å². The van der Waals surface area contributed by atoms with Crippen LogP contribution in [0.25, 0.3) is 0 Å². The highest BCUT2D eigenvalue weighted by molar-refractivity contribution is 5.50. The first-order valence-electron chi connectivity index (χ1n) is 5.14. The summed E-state index contributed by atoms with van der Waals surface area (Å²) in [7, 11) is 1.47. The van der Waals surface area contributed by atoms with Crippen LogP contribution in [-0.4, -0.2) is 18.6 Å². The minimum absolute atomic E-state index is 0.0598. The molecule has 5 heteroatoms. The summed E-state index contributed by atoms with van der Waals surface area (Å²) in [6.07, 6.45) is 1.87. The lowest BCUT2D eigenvalue weighted by Gasteiger charge is -2.07. The Labute approximate surface area is 94.1 Å². The third-order valence-electron chi connectivity index (χ3n) is 2.12. The number of benzene rings is 1. The van der Waals surface area contributed by atoms with Crippen LogP contribution in [0, 0.1) is 10.1 Å². The van der Waals surface area contributed by atoms with Gasteiger partial charge in [0, 0.05) is 0 Å². The molecule has 0 saturated carbocycles. The fourth-order valence-electron chi connectivity index (χ4n) is 1.22. The van der Waals surface area contributed by atoms with Crippen molar-refractivity contribution in [3.05, 3.63) is 28.3 Å². The normalized spacial score (nSPS) is 9.88. The number of rotatable bonds is 6. The van der Waals surface area contributed by atoms with E-state index < -0.39 is 4.92 Å². The summed E-state index contributed by atoms with van der Waals surface area (Å²) in [5.41, 5.74) is -0.0598. The first-order chi connectivity index (χ1) is 7.69. The zero-order valence-electron chi connectivity index (χ0n) is 9.43. The van der Waals surface area contributed by atoms with E-state index in [1.54, 1.807) is 12.1 Å². The zero-order chi connectivity index (χ0) is 12.0. The minimum Gasteiger partial charge on any atom is -0.496 e. The van der Waals surface area contributed by atoms with Crippen LogP contribution >= 0.6 is 0 Å². The molecule has 0 spiro atoms. The SMILES string of the molecule is CCCCOc1ccc(OC)cc1[N+](=O)[O-]. The predicted octanol–water partition coefficient (Wildman–Crippen LogP) is 2.78. The second-order valence-electron chi connectivity index (χ2n) is 3.29. The van der Waals surface area contributed by atoms with Crippen molar-refractivity contribution in [3.8, 4) is 11.5 Å². The Kier molecular flexibility index (Phi) is 4.57. The molecule has 1 aromatic rings. The molecule has 0 atom stereocenters. The quantitative estimate of drug-likeness (QED) is 0.424. The van der Waals surface area contributed by atoms with Crippen LogP contribution < -0.4 is 9.47 Å². The molecule has 1 aromatic carbocycles. The van der Waals surface area contributed by atoms with Crippen LogP contribution in [0.15, 0.2) is 18.2 Å². The largest absolute Gasteiger partial charge is 0.496 e. The summed E-state index contributed by atoms with van der Waals surface area (Å²) in [4.78, 5) is 10.3. The number of hydrogen-bond donors (Lipinski definition) is 0. The summed E-state index contributed by atoms with van der Waals surface area (Å²) < 4.78 is 10.3. The van der Waals surface area contributed by atoms with Gasteiger partial charge in [-0.25, -0.2) is 0 Å². The van der Waals surface area contributed by atoms with Gasteiger partial charge in [0.25, 0.3) is 0 Å². The van der Waals surface area contributed by atoms with Crippen molar-refractivity contribution >= 4 is 5.69 Å². The number of ether oxygens (including phenoxy) is 2. The van der Waals surface area contributed by atoms with E-state index in [9.17, 15) is 10.1 Å². The molecule has 0 radical (unpaired) electrons. The van der Waals surface area contributed by atoms with Crippen LogP contribution in [0.3, 0.4) is 0 Å². The average molecular weight is 225 g/mol. The van der Waals surface area contributed by atoms with Crippen molar-refractivity contribution in [3.63, 3.8) is 0 Å². The van der Waals surface area contributed by atoms with Gasteiger partial charge in [-0.1, -0.05) is 13.3 Å². The van der Waals surface area contributed by atoms with Gasteiger partial charge < -0.3 is 9.47 Å². The lowest BCUT2D eigenvalue weighted by molar-refractivity contribution is -0.385. The van der Waals surface area contributed by atoms with Crippen molar-refractivity contribution in [2.24, 2.45) is 0 Å². The molecule has 0 aliphatic rings. The Bertz CT molecular complexity index is 365. The molecule has 16 heavy (non-hydrogen) atoms. The number of hydrogen-bond acceptors (Lipinski definition) is 4. The summed E-state index contributed by atoms with van der Waals surface area (Å²) in [5.74, 6) is 0.744. The highest BCUT2D eigenvalue weighted by Gasteiger charge is 2.16. The van der Waals surface area contributed by atoms with Gasteiger partial charge in [-0.3, -0.25) is 10.1 Å². The van der Waals surface area contributed by atoms with Crippen LogP contribution in [0.4, 0.5) is 5.69 Å². The zero-order valence-corrected chi connectivity index (χ0v) is 9.43. The van der Waals surface area contributed by atoms with Crippen molar-refractivity contribution in [1.29, 1.82) is 0 Å². The molecule has 0 N–H and O–H groups in total. The highest BCUT2D eigenvalue weighted by Crippen LogP contribution is 2.30. The van der Waals surface area contributed by atoms with Crippen LogP contribution in [0.1, 0.15) is 19.8 Å². The van der Waals surface area contributed by atoms with Crippen LogP contribution in [0.5, 0.6) is 11.5 Å². The highest BCUT2D eigenvalue weighted by atomic mass is 16.6. The summed E-state index contributed by atoms with van der Waals surface area (Å²) in [6, 6.07) is 4.57. The molecule has 0 aliphatic carbocycles. The van der Waals surface area contributed by atoms with Crippen LogP contribution in [-0.2, 0) is 0 Å². The van der Waals surface area contributed by atoms with E-state index in [2.05, 4.69) is 0 Å². The fourth-order valence-corrected chi connectivity index (χ4v) is 1.22. The van der Waals surface area contributed by atoms with Gasteiger partial charge in [-0.05, 0) is 18.6 Å². The Morgan fingerprint density at radius 3 is 2.75 bits per heavy atom. The van der Waals surface area contributed by atoms with Gasteiger partial charge >= 0.3 is 5.69 Å². The molecular formula is C11H15NO4. The molecule has 0 fully saturated rings. The van der Waals surface area contributed by atoms with Gasteiger partial charge in [-0.15, -0.1) is 0 Å². The van der Waals surface area contributed by atoms with E-state index in [0.717, 1.165) is 12.8 Å². The van der Waals surface area contributed by atoms with E-state index in [0.29, 0.717) is 18.1 Å². The van der Waals surface area contributed by atoms with Gasteiger partial charge in [0.1, 0.15) is 5.75 Å². The Morgan fingerprint density at radius 1 is 1.44 bits per heavy atom. The molecule has 0 aromatic heterocycles. The molecule has 0 heterocycles. The Balaban J connectivity index is 2.85.